The van der Waals surface area contributed by atoms with Crippen LogP contribution in [-0.2, 0) is 10.2 Å². The second-order valence-corrected chi connectivity index (χ2v) is 10.7. The molecule has 2 heterocycles. The van der Waals surface area contributed by atoms with Crippen molar-refractivity contribution >= 4 is 28.5 Å². The number of anilines is 1. The highest BCUT2D eigenvalue weighted by atomic mass is 19.3. The average Bonchev–Trinajstić information content (AvgIpc) is 3.68. The van der Waals surface area contributed by atoms with Crippen LogP contribution in [0.15, 0.2) is 66.7 Å². The van der Waals surface area contributed by atoms with Crippen molar-refractivity contribution in [2.75, 3.05) is 19.4 Å². The number of aromatic carboxylic acids is 1. The number of pyridine rings is 1. The number of aromatic nitrogens is 1. The first-order valence-electron chi connectivity index (χ1n) is 13.1. The minimum atomic E-state index is -3.74. The predicted molar refractivity (Wildman–Crippen MR) is 148 cm³/mol. The molecule has 2 aliphatic rings. The number of ether oxygens (including phenoxy) is 2. The zero-order valence-electron chi connectivity index (χ0n) is 22.6. The van der Waals surface area contributed by atoms with Crippen molar-refractivity contribution in [3.63, 3.8) is 0 Å². The molecule has 0 spiro atoms. The number of carboxylic acid groups (broad SMARTS) is 1. The Kier molecular flexibility index (Phi) is 6.18. The molecule has 1 saturated carbocycles. The van der Waals surface area contributed by atoms with Crippen molar-refractivity contribution < 1.29 is 33.0 Å². The lowest BCUT2D eigenvalue weighted by molar-refractivity contribution is -0.286. The number of hydrogen-bond donors (Lipinski definition) is 2. The highest BCUT2D eigenvalue weighted by Crippen LogP contribution is 2.52. The van der Waals surface area contributed by atoms with Crippen molar-refractivity contribution in [3.05, 3.63) is 83.4 Å². The molecule has 1 amide bonds. The number of alkyl halides is 2. The fourth-order valence-electron chi connectivity index (χ4n) is 5.39. The zero-order chi connectivity index (χ0) is 29.1. The van der Waals surface area contributed by atoms with Gasteiger partial charge in [0, 0.05) is 17.0 Å². The van der Waals surface area contributed by atoms with Gasteiger partial charge in [0.05, 0.1) is 16.7 Å². The van der Waals surface area contributed by atoms with E-state index in [1.54, 1.807) is 24.3 Å². The van der Waals surface area contributed by atoms with Crippen LogP contribution >= 0.6 is 0 Å². The number of rotatable bonds is 7. The van der Waals surface area contributed by atoms with Gasteiger partial charge in [0.15, 0.2) is 11.5 Å². The van der Waals surface area contributed by atoms with Crippen LogP contribution in [0.1, 0.15) is 47.3 Å². The summed E-state index contributed by atoms with van der Waals surface area (Å²) in [7, 11) is 3.75. The van der Waals surface area contributed by atoms with Crippen LogP contribution in [-0.4, -0.2) is 47.3 Å². The molecular formula is C31H27F2N3O5. The number of hydrogen-bond acceptors (Lipinski definition) is 6. The van der Waals surface area contributed by atoms with Gasteiger partial charge in [0.1, 0.15) is 5.82 Å². The topological polar surface area (TPSA) is 101 Å². The van der Waals surface area contributed by atoms with Gasteiger partial charge in [0.2, 0.25) is 5.91 Å². The summed E-state index contributed by atoms with van der Waals surface area (Å²) in [5, 5.41) is 14.5. The summed E-state index contributed by atoms with van der Waals surface area (Å²) in [4.78, 5) is 32.6. The van der Waals surface area contributed by atoms with Crippen molar-refractivity contribution in [2.45, 2.75) is 37.5 Å². The molecule has 3 aromatic carbocycles. The van der Waals surface area contributed by atoms with E-state index in [0.29, 0.717) is 41.0 Å². The van der Waals surface area contributed by atoms with E-state index >= 15 is 0 Å². The molecule has 0 radical (unpaired) electrons. The maximum absolute atomic E-state index is 13.7. The average molecular weight is 560 g/mol. The Balaban J connectivity index is 1.41. The summed E-state index contributed by atoms with van der Waals surface area (Å²) in [5.41, 5.74) is 1.61. The molecule has 210 valence electrons. The standard InChI is InChI=1S/C31H27F2N3O5/c1-17(36(2)3)26-21(9-6-10-22(26)28(37)38)27-20-8-5-4-7-18(20)15-25(34-27)35-29(39)30(13-14-30)19-11-12-23-24(16-19)41-31(32,33)40-23/h4-12,15-17H,13-14H2,1-3H3,(H,37,38)(H,34,35,39). The van der Waals surface area contributed by atoms with Crippen LogP contribution in [0, 0.1) is 0 Å². The Morgan fingerprint density at radius 2 is 1.73 bits per heavy atom. The van der Waals surface area contributed by atoms with E-state index in [2.05, 4.69) is 14.8 Å². The first-order chi connectivity index (χ1) is 19.5. The molecule has 1 aromatic heterocycles. The van der Waals surface area contributed by atoms with Crippen molar-refractivity contribution in [1.82, 2.24) is 9.88 Å². The monoisotopic (exact) mass is 559 g/mol. The van der Waals surface area contributed by atoms with Crippen molar-refractivity contribution in [3.8, 4) is 22.8 Å². The van der Waals surface area contributed by atoms with Crippen molar-refractivity contribution in [1.29, 1.82) is 0 Å². The Morgan fingerprint density at radius 3 is 2.44 bits per heavy atom. The molecule has 10 heteroatoms. The maximum Gasteiger partial charge on any atom is 0.586 e. The Hall–Kier alpha value is -4.57. The summed E-state index contributed by atoms with van der Waals surface area (Å²) < 4.78 is 36.2. The van der Waals surface area contributed by atoms with Gasteiger partial charge in [-0.25, -0.2) is 9.78 Å². The third kappa shape index (κ3) is 4.63. The van der Waals surface area contributed by atoms with E-state index in [0.717, 1.165) is 10.8 Å². The third-order valence-electron chi connectivity index (χ3n) is 7.90. The molecule has 41 heavy (non-hydrogen) atoms. The fraction of sp³-hybridized carbons (Fsp3) is 0.258. The molecule has 1 atom stereocenters. The lowest BCUT2D eigenvalue weighted by Gasteiger charge is -2.25. The van der Waals surface area contributed by atoms with E-state index in [-0.39, 0.29) is 29.0 Å². The number of carboxylic acids is 1. The molecule has 1 aliphatic carbocycles. The Morgan fingerprint density at radius 1 is 1.00 bits per heavy atom. The highest BCUT2D eigenvalue weighted by molar-refractivity contribution is 6.04. The van der Waals surface area contributed by atoms with E-state index in [9.17, 15) is 23.5 Å². The number of nitrogens with zero attached hydrogens (tertiary/aromatic N) is 2. The SMILES string of the molecule is CC(c1c(C(=O)O)cccc1-c1nc(NC(=O)C2(c3ccc4c(c3)OC(F)(F)O4)CC2)cc2ccccc12)N(C)C. The minimum absolute atomic E-state index is 0.0813. The van der Waals surface area contributed by atoms with Crippen LogP contribution in [0.3, 0.4) is 0 Å². The lowest BCUT2D eigenvalue weighted by atomic mass is 9.91. The summed E-state index contributed by atoms with van der Waals surface area (Å²) in [6.07, 6.45) is -2.69. The molecule has 1 aliphatic heterocycles. The number of benzene rings is 3. The number of fused-ring (bicyclic) bond motifs is 2. The van der Waals surface area contributed by atoms with Crippen LogP contribution in [0.2, 0.25) is 0 Å². The quantitative estimate of drug-likeness (QED) is 0.277. The number of carbonyl (C=O) groups excluding carboxylic acids is 1. The molecule has 0 saturated heterocycles. The zero-order valence-corrected chi connectivity index (χ0v) is 22.6. The van der Waals surface area contributed by atoms with Gasteiger partial charge in [-0.2, -0.15) is 0 Å². The van der Waals surface area contributed by atoms with Gasteiger partial charge >= 0.3 is 12.3 Å². The number of nitrogens with one attached hydrogen (secondary N) is 1. The van der Waals surface area contributed by atoms with Crippen molar-refractivity contribution in [2.24, 2.45) is 0 Å². The van der Waals surface area contributed by atoms with Crippen LogP contribution in [0.4, 0.5) is 14.6 Å². The number of amides is 1. The van der Waals surface area contributed by atoms with Gasteiger partial charge < -0.3 is 24.8 Å². The number of halogens is 2. The third-order valence-corrected chi connectivity index (χ3v) is 7.90. The van der Waals surface area contributed by atoms with Gasteiger partial charge in [-0.3, -0.25) is 4.79 Å². The second-order valence-electron chi connectivity index (χ2n) is 10.7. The normalized spacial score (nSPS) is 16.9. The molecule has 6 rings (SSSR count). The molecule has 4 aromatic rings. The van der Waals surface area contributed by atoms with Gasteiger partial charge in [0.25, 0.3) is 0 Å². The molecule has 0 bridgehead atoms. The second kappa shape index (κ2) is 9.52. The summed E-state index contributed by atoms with van der Waals surface area (Å²) in [6.45, 7) is 1.93. The molecule has 8 nitrogen and oxygen atoms in total. The fourth-order valence-corrected chi connectivity index (χ4v) is 5.39. The molecular weight excluding hydrogens is 532 g/mol. The van der Waals surface area contributed by atoms with Gasteiger partial charge in [-0.1, -0.05) is 42.5 Å². The lowest BCUT2D eigenvalue weighted by Crippen LogP contribution is -2.28. The van der Waals surface area contributed by atoms with Crippen LogP contribution < -0.4 is 14.8 Å². The van der Waals surface area contributed by atoms with Gasteiger partial charge in [-0.05, 0) is 74.6 Å². The first-order valence-corrected chi connectivity index (χ1v) is 13.1. The van der Waals surface area contributed by atoms with Crippen LogP contribution in [0.5, 0.6) is 11.5 Å². The van der Waals surface area contributed by atoms with E-state index in [1.165, 1.54) is 12.1 Å². The predicted octanol–water partition coefficient (Wildman–Crippen LogP) is 6.21. The smallest absolute Gasteiger partial charge is 0.478 e. The Labute approximate surface area is 234 Å². The maximum atomic E-state index is 13.7. The summed E-state index contributed by atoms with van der Waals surface area (Å²) in [6, 6.07) is 18.6. The molecule has 1 unspecified atom stereocenters. The van der Waals surface area contributed by atoms with E-state index in [4.69, 9.17) is 4.98 Å². The summed E-state index contributed by atoms with van der Waals surface area (Å²) >= 11 is 0. The molecule has 1 fully saturated rings. The summed E-state index contributed by atoms with van der Waals surface area (Å²) in [5.74, 6) is -1.26. The van der Waals surface area contributed by atoms with Crippen LogP contribution in [0.25, 0.3) is 22.0 Å². The molecule has 2 N–H and O–H groups in total. The minimum Gasteiger partial charge on any atom is -0.478 e. The largest absolute Gasteiger partial charge is 0.586 e. The number of carbonyl (C=O) groups is 2. The van der Waals surface area contributed by atoms with E-state index < -0.39 is 17.7 Å². The van der Waals surface area contributed by atoms with Gasteiger partial charge in [-0.15, -0.1) is 8.78 Å². The van der Waals surface area contributed by atoms with E-state index in [1.807, 2.05) is 56.3 Å². The first kappa shape index (κ1) is 26.6. The Bertz CT molecular complexity index is 1720. The highest BCUT2D eigenvalue weighted by Gasteiger charge is 2.53.